The molecule has 16 heavy (non-hydrogen) atoms. The van der Waals surface area contributed by atoms with Crippen LogP contribution in [0.25, 0.3) is 11.1 Å². The maximum atomic E-state index is 10.5. The molecule has 0 bridgehead atoms. The van der Waals surface area contributed by atoms with Crippen LogP contribution in [-0.4, -0.2) is 21.2 Å². The van der Waals surface area contributed by atoms with Crippen LogP contribution in [0.3, 0.4) is 0 Å². The van der Waals surface area contributed by atoms with Crippen LogP contribution in [-0.2, 0) is 10.7 Å². The number of hydrogen-bond acceptors (Lipinski definition) is 4. The van der Waals surface area contributed by atoms with Crippen LogP contribution in [0.4, 0.5) is 0 Å². The number of aliphatic carboxylic acids is 1. The van der Waals surface area contributed by atoms with Gasteiger partial charge in [-0.3, -0.25) is 0 Å². The molecule has 84 valence electrons. The maximum Gasteiger partial charge on any atom is 0.342 e. The van der Waals surface area contributed by atoms with Gasteiger partial charge in [-0.25, -0.2) is 9.78 Å². The molecule has 0 fully saturated rings. The minimum Gasteiger partial charge on any atom is -0.479 e. The molecule has 0 aliphatic rings. The second-order valence-electron chi connectivity index (χ2n) is 3.23. The molecule has 2 rings (SSSR count). The first-order valence-corrected chi connectivity index (χ1v) is 5.01. The van der Waals surface area contributed by atoms with Crippen molar-refractivity contribution >= 4 is 28.7 Å². The number of rotatable bonds is 3. The van der Waals surface area contributed by atoms with E-state index in [2.05, 4.69) is 4.98 Å². The Morgan fingerprint density at radius 1 is 1.56 bits per heavy atom. The molecule has 1 aromatic carbocycles. The normalized spacial score (nSPS) is 12.9. The lowest BCUT2D eigenvalue weighted by Crippen LogP contribution is -2.10. The summed E-state index contributed by atoms with van der Waals surface area (Å²) in [6.07, 6.45) is -1.74. The number of aliphatic hydroxyl groups excluding tert-OH is 1. The summed E-state index contributed by atoms with van der Waals surface area (Å²) in [5.41, 5.74) is 1.75. The van der Waals surface area contributed by atoms with Crippen molar-refractivity contribution in [3.8, 4) is 0 Å². The van der Waals surface area contributed by atoms with Gasteiger partial charge >= 0.3 is 5.97 Å². The third kappa shape index (κ3) is 1.87. The third-order valence-electron chi connectivity index (χ3n) is 2.09. The Morgan fingerprint density at radius 3 is 2.94 bits per heavy atom. The van der Waals surface area contributed by atoms with Crippen LogP contribution in [0.2, 0.25) is 0 Å². The van der Waals surface area contributed by atoms with Crippen molar-refractivity contribution in [2.45, 2.75) is 12.0 Å². The van der Waals surface area contributed by atoms with Gasteiger partial charge in [0.1, 0.15) is 5.52 Å². The van der Waals surface area contributed by atoms with Crippen LogP contribution < -0.4 is 0 Å². The first-order chi connectivity index (χ1) is 7.61. The van der Waals surface area contributed by atoms with E-state index in [4.69, 9.17) is 21.1 Å². The highest BCUT2D eigenvalue weighted by molar-refractivity contribution is 6.17. The average Bonchev–Trinajstić information content (AvgIpc) is 2.69. The summed E-state index contributed by atoms with van der Waals surface area (Å²) < 4.78 is 5.11. The molecule has 1 aromatic heterocycles. The molecule has 0 aliphatic carbocycles. The zero-order valence-electron chi connectivity index (χ0n) is 8.05. The number of aliphatic hydroxyl groups is 1. The van der Waals surface area contributed by atoms with Crippen molar-refractivity contribution in [3.63, 3.8) is 0 Å². The van der Waals surface area contributed by atoms with E-state index in [0.717, 1.165) is 5.56 Å². The molecule has 0 saturated carbocycles. The van der Waals surface area contributed by atoms with Crippen molar-refractivity contribution < 1.29 is 19.4 Å². The SMILES string of the molecule is O=C(O)C(O)c1nc2cc(CCl)ccc2o1. The lowest BCUT2D eigenvalue weighted by Gasteiger charge is -1.96. The zero-order chi connectivity index (χ0) is 11.7. The van der Waals surface area contributed by atoms with E-state index in [1.54, 1.807) is 18.2 Å². The van der Waals surface area contributed by atoms with E-state index in [1.165, 1.54) is 0 Å². The van der Waals surface area contributed by atoms with Gasteiger partial charge in [0.25, 0.3) is 0 Å². The molecular formula is C10H8ClNO4. The summed E-state index contributed by atoms with van der Waals surface area (Å²) >= 11 is 5.65. The maximum absolute atomic E-state index is 10.5. The Kier molecular flexibility index (Phi) is 2.80. The first-order valence-electron chi connectivity index (χ1n) is 4.48. The molecule has 2 N–H and O–H groups in total. The lowest BCUT2D eigenvalue weighted by atomic mass is 10.2. The Bertz CT molecular complexity index is 537. The van der Waals surface area contributed by atoms with Gasteiger partial charge in [-0.15, -0.1) is 11.6 Å². The van der Waals surface area contributed by atoms with E-state index in [-0.39, 0.29) is 5.89 Å². The van der Waals surface area contributed by atoms with Crippen LogP contribution in [0.15, 0.2) is 22.6 Å². The summed E-state index contributed by atoms with van der Waals surface area (Å²) in [5, 5.41) is 17.8. The number of aromatic nitrogens is 1. The topological polar surface area (TPSA) is 83.6 Å². The fourth-order valence-corrected chi connectivity index (χ4v) is 1.46. The van der Waals surface area contributed by atoms with Gasteiger partial charge in [-0.05, 0) is 17.7 Å². The van der Waals surface area contributed by atoms with Crippen LogP contribution in [0.1, 0.15) is 17.6 Å². The Balaban J connectivity index is 2.47. The second-order valence-corrected chi connectivity index (χ2v) is 3.50. The quantitative estimate of drug-likeness (QED) is 0.799. The van der Waals surface area contributed by atoms with Crippen molar-refractivity contribution in [2.75, 3.05) is 0 Å². The molecule has 0 radical (unpaired) electrons. The molecule has 1 heterocycles. The van der Waals surface area contributed by atoms with Gasteiger partial charge in [0.05, 0.1) is 0 Å². The summed E-state index contributed by atoms with van der Waals surface area (Å²) in [6, 6.07) is 5.07. The average molecular weight is 242 g/mol. The number of oxazole rings is 1. The van der Waals surface area contributed by atoms with Crippen LogP contribution >= 0.6 is 11.6 Å². The number of fused-ring (bicyclic) bond motifs is 1. The minimum absolute atomic E-state index is 0.228. The summed E-state index contributed by atoms with van der Waals surface area (Å²) in [6.45, 7) is 0. The third-order valence-corrected chi connectivity index (χ3v) is 2.40. The fraction of sp³-hybridized carbons (Fsp3) is 0.200. The smallest absolute Gasteiger partial charge is 0.342 e. The van der Waals surface area contributed by atoms with Crippen LogP contribution in [0.5, 0.6) is 0 Å². The summed E-state index contributed by atoms with van der Waals surface area (Å²) in [5.74, 6) is -1.29. The molecule has 0 saturated heterocycles. The fourth-order valence-electron chi connectivity index (χ4n) is 1.30. The number of halogens is 1. The van der Waals surface area contributed by atoms with E-state index in [0.29, 0.717) is 17.0 Å². The van der Waals surface area contributed by atoms with E-state index in [1.807, 2.05) is 0 Å². The van der Waals surface area contributed by atoms with Gasteiger partial charge in [-0.2, -0.15) is 0 Å². The molecule has 6 heteroatoms. The largest absolute Gasteiger partial charge is 0.479 e. The molecule has 1 atom stereocenters. The molecule has 0 amide bonds. The van der Waals surface area contributed by atoms with Gasteiger partial charge in [0.15, 0.2) is 5.58 Å². The zero-order valence-corrected chi connectivity index (χ0v) is 8.81. The standard InChI is InChI=1S/C10H8ClNO4/c11-4-5-1-2-7-6(3-5)12-9(16-7)8(13)10(14)15/h1-3,8,13H,4H2,(H,14,15). The number of alkyl halides is 1. The van der Waals surface area contributed by atoms with Gasteiger partial charge in [-0.1, -0.05) is 6.07 Å². The van der Waals surface area contributed by atoms with Crippen molar-refractivity contribution in [3.05, 3.63) is 29.7 Å². The Morgan fingerprint density at radius 2 is 2.31 bits per heavy atom. The monoisotopic (exact) mass is 241 g/mol. The Hall–Kier alpha value is -1.59. The van der Waals surface area contributed by atoms with E-state index >= 15 is 0 Å². The number of carboxylic acids is 1. The van der Waals surface area contributed by atoms with Crippen molar-refractivity contribution in [1.29, 1.82) is 0 Å². The molecule has 0 aliphatic heterocycles. The lowest BCUT2D eigenvalue weighted by molar-refractivity contribution is -0.148. The second kappa shape index (κ2) is 4.11. The van der Waals surface area contributed by atoms with E-state index in [9.17, 15) is 9.90 Å². The first kappa shape index (κ1) is 10.9. The summed E-state index contributed by atoms with van der Waals surface area (Å²) in [7, 11) is 0. The highest BCUT2D eigenvalue weighted by Crippen LogP contribution is 2.21. The van der Waals surface area contributed by atoms with E-state index < -0.39 is 12.1 Å². The summed E-state index contributed by atoms with van der Waals surface area (Å²) in [4.78, 5) is 14.4. The number of nitrogens with zero attached hydrogens (tertiary/aromatic N) is 1. The molecular weight excluding hydrogens is 234 g/mol. The Labute approximate surface area is 95.3 Å². The number of benzene rings is 1. The predicted molar refractivity (Wildman–Crippen MR) is 56.2 cm³/mol. The molecule has 5 nitrogen and oxygen atoms in total. The van der Waals surface area contributed by atoms with Crippen molar-refractivity contribution in [2.24, 2.45) is 0 Å². The molecule has 0 spiro atoms. The van der Waals surface area contributed by atoms with Crippen molar-refractivity contribution in [1.82, 2.24) is 4.98 Å². The highest BCUT2D eigenvalue weighted by Gasteiger charge is 2.22. The highest BCUT2D eigenvalue weighted by atomic mass is 35.5. The predicted octanol–water partition coefficient (Wildman–Crippen LogP) is 1.68. The number of carboxylic acid groups (broad SMARTS) is 1. The molecule has 1 unspecified atom stereocenters. The number of hydrogen-bond donors (Lipinski definition) is 2. The van der Waals surface area contributed by atoms with Gasteiger partial charge < -0.3 is 14.6 Å². The number of carbonyl (C=O) groups is 1. The van der Waals surface area contributed by atoms with Crippen LogP contribution in [0, 0.1) is 0 Å². The van der Waals surface area contributed by atoms with Gasteiger partial charge in [0.2, 0.25) is 12.0 Å². The van der Waals surface area contributed by atoms with Gasteiger partial charge in [0, 0.05) is 5.88 Å². The minimum atomic E-state index is -1.74. The molecule has 2 aromatic rings.